The quantitative estimate of drug-likeness (QED) is 0.171. The van der Waals surface area contributed by atoms with Crippen molar-refractivity contribution in [2.75, 3.05) is 6.54 Å². The molecule has 0 saturated carbocycles. The molecule has 8 nitrogen and oxygen atoms in total. The van der Waals surface area contributed by atoms with Crippen LogP contribution in [-0.4, -0.2) is 45.8 Å². The molecule has 0 saturated heterocycles. The third-order valence-corrected chi connectivity index (χ3v) is 6.75. The van der Waals surface area contributed by atoms with Gasteiger partial charge in [-0.15, -0.1) is 0 Å². The van der Waals surface area contributed by atoms with Crippen molar-refractivity contribution < 1.29 is 33.0 Å². The average Bonchev–Trinajstić information content (AvgIpc) is 3.44. The molecule has 1 heterocycles. The van der Waals surface area contributed by atoms with Crippen molar-refractivity contribution in [3.63, 3.8) is 0 Å². The van der Waals surface area contributed by atoms with Crippen LogP contribution in [0.5, 0.6) is 0 Å². The second kappa shape index (κ2) is 14.5. The summed E-state index contributed by atoms with van der Waals surface area (Å²) < 4.78 is 33.5. The fourth-order valence-corrected chi connectivity index (χ4v) is 4.56. The number of hydrogen-bond donors (Lipinski definition) is 4. The number of aliphatic hydroxyl groups is 1. The first-order chi connectivity index (χ1) is 20.2. The Morgan fingerprint density at radius 2 is 1.71 bits per heavy atom. The van der Waals surface area contributed by atoms with Crippen LogP contribution in [0.3, 0.4) is 0 Å². The molecule has 1 amide bonds. The minimum Gasteiger partial charge on any atom is -0.481 e. The molecule has 42 heavy (non-hydrogen) atoms. The molecule has 0 fully saturated rings. The average molecular weight is 578 g/mol. The van der Waals surface area contributed by atoms with E-state index in [1.54, 1.807) is 24.3 Å². The molecule has 0 aliphatic heterocycles. The molecule has 2 atom stereocenters. The smallest absolute Gasteiger partial charge is 0.303 e. The Hall–Kier alpha value is -4.41. The first-order valence-electron chi connectivity index (χ1n) is 13.7. The molecule has 4 N–H and O–H groups in total. The van der Waals surface area contributed by atoms with E-state index in [0.29, 0.717) is 17.9 Å². The van der Waals surface area contributed by atoms with Crippen molar-refractivity contribution in [3.8, 4) is 11.5 Å². The van der Waals surface area contributed by atoms with E-state index in [9.17, 15) is 23.5 Å². The van der Waals surface area contributed by atoms with Crippen molar-refractivity contribution >= 4 is 11.9 Å². The second-order valence-corrected chi connectivity index (χ2v) is 10.0. The summed E-state index contributed by atoms with van der Waals surface area (Å²) in [5, 5.41) is 26.0. The van der Waals surface area contributed by atoms with E-state index in [2.05, 4.69) is 28.6 Å². The SMILES string of the molecule is CCc1cccc(CNC[C@H](O)[C@H](Cc2cc(F)cc(F)c2)NC(=O)c2cccc(-c3ncc(CCC(=O)O)o3)c2)c1. The van der Waals surface area contributed by atoms with Crippen LogP contribution in [0.25, 0.3) is 11.5 Å². The number of nitrogens with one attached hydrogen (secondary N) is 2. The zero-order valence-corrected chi connectivity index (χ0v) is 23.1. The first-order valence-corrected chi connectivity index (χ1v) is 13.7. The van der Waals surface area contributed by atoms with Gasteiger partial charge in [-0.3, -0.25) is 9.59 Å². The van der Waals surface area contributed by atoms with E-state index in [0.717, 1.165) is 18.1 Å². The molecule has 10 heteroatoms. The van der Waals surface area contributed by atoms with E-state index in [4.69, 9.17) is 9.52 Å². The highest BCUT2D eigenvalue weighted by atomic mass is 19.1. The van der Waals surface area contributed by atoms with Gasteiger partial charge < -0.3 is 25.3 Å². The number of benzene rings is 3. The molecule has 4 aromatic rings. The summed E-state index contributed by atoms with van der Waals surface area (Å²) in [6.07, 6.45) is 1.33. The van der Waals surface area contributed by atoms with Gasteiger partial charge in [0.25, 0.3) is 5.91 Å². The Labute approximate surface area is 242 Å². The van der Waals surface area contributed by atoms with Gasteiger partial charge in [0.1, 0.15) is 17.4 Å². The summed E-state index contributed by atoms with van der Waals surface area (Å²) >= 11 is 0. The fourth-order valence-electron chi connectivity index (χ4n) is 4.56. The van der Waals surface area contributed by atoms with Gasteiger partial charge >= 0.3 is 5.97 Å². The van der Waals surface area contributed by atoms with Crippen LogP contribution in [-0.2, 0) is 30.6 Å². The molecule has 3 aromatic carbocycles. The molecule has 4 rings (SSSR count). The summed E-state index contributed by atoms with van der Waals surface area (Å²) in [5.74, 6) is -2.33. The lowest BCUT2D eigenvalue weighted by Crippen LogP contribution is -2.48. The maximum Gasteiger partial charge on any atom is 0.303 e. The number of aliphatic hydroxyl groups excluding tert-OH is 1. The minimum absolute atomic E-state index is 0.0129. The summed E-state index contributed by atoms with van der Waals surface area (Å²) in [6, 6.07) is 16.8. The molecule has 0 bridgehead atoms. The zero-order valence-electron chi connectivity index (χ0n) is 23.1. The number of oxazole rings is 1. The summed E-state index contributed by atoms with van der Waals surface area (Å²) in [7, 11) is 0. The van der Waals surface area contributed by atoms with Crippen LogP contribution < -0.4 is 10.6 Å². The van der Waals surface area contributed by atoms with Crippen LogP contribution >= 0.6 is 0 Å². The van der Waals surface area contributed by atoms with Crippen LogP contribution in [0.1, 0.15) is 46.2 Å². The monoisotopic (exact) mass is 577 g/mol. The molecule has 0 aliphatic carbocycles. The third-order valence-electron chi connectivity index (χ3n) is 6.75. The normalized spacial score (nSPS) is 12.6. The van der Waals surface area contributed by atoms with Crippen LogP contribution in [0, 0.1) is 11.6 Å². The Bertz CT molecular complexity index is 1500. The van der Waals surface area contributed by atoms with Gasteiger partial charge in [0.2, 0.25) is 5.89 Å². The predicted molar refractivity (Wildman–Crippen MR) is 153 cm³/mol. The number of carbonyl (C=O) groups excluding carboxylic acids is 1. The van der Waals surface area contributed by atoms with Gasteiger partial charge in [-0.25, -0.2) is 13.8 Å². The number of carboxylic acids is 1. The van der Waals surface area contributed by atoms with E-state index < -0.39 is 35.7 Å². The number of hydrogen-bond acceptors (Lipinski definition) is 6. The van der Waals surface area contributed by atoms with E-state index >= 15 is 0 Å². The number of carbonyl (C=O) groups is 2. The number of rotatable bonds is 14. The van der Waals surface area contributed by atoms with Gasteiger partial charge in [-0.2, -0.15) is 0 Å². The molecular weight excluding hydrogens is 544 g/mol. The van der Waals surface area contributed by atoms with E-state index in [-0.39, 0.29) is 42.8 Å². The van der Waals surface area contributed by atoms with Crippen molar-refractivity contribution in [2.45, 2.75) is 51.3 Å². The summed E-state index contributed by atoms with van der Waals surface area (Å²) in [4.78, 5) is 28.3. The number of aromatic nitrogens is 1. The predicted octanol–water partition coefficient (Wildman–Crippen LogP) is 4.69. The Balaban J connectivity index is 1.47. The number of amides is 1. The minimum atomic E-state index is -1.08. The topological polar surface area (TPSA) is 125 Å². The number of halogens is 2. The summed E-state index contributed by atoms with van der Waals surface area (Å²) in [6.45, 7) is 2.68. The van der Waals surface area contributed by atoms with Crippen molar-refractivity contribution in [1.29, 1.82) is 0 Å². The zero-order chi connectivity index (χ0) is 30.1. The Morgan fingerprint density at radius 1 is 0.976 bits per heavy atom. The standard InChI is InChI=1S/C32H33F2N3O5/c1-2-20-5-3-6-21(11-20)17-35-19-29(38)28(14-22-12-25(33)16-26(34)13-22)37-31(41)23-7-4-8-24(15-23)32-36-18-27(42-32)9-10-30(39)40/h3-8,11-13,15-16,18,28-29,35,38H,2,9-10,14,17,19H2,1H3,(H,37,41)(H,39,40)/t28-,29-/m0/s1. The van der Waals surface area contributed by atoms with Gasteiger partial charge in [0, 0.05) is 36.7 Å². The van der Waals surface area contributed by atoms with Crippen molar-refractivity contribution in [3.05, 3.63) is 113 Å². The maximum absolute atomic E-state index is 13.9. The molecule has 220 valence electrons. The largest absolute Gasteiger partial charge is 0.481 e. The van der Waals surface area contributed by atoms with Crippen molar-refractivity contribution in [2.24, 2.45) is 0 Å². The van der Waals surface area contributed by atoms with Gasteiger partial charge in [-0.05, 0) is 59.9 Å². The molecule has 0 radical (unpaired) electrons. The van der Waals surface area contributed by atoms with Crippen LogP contribution in [0.15, 0.2) is 77.3 Å². The Morgan fingerprint density at radius 3 is 2.45 bits per heavy atom. The maximum atomic E-state index is 13.9. The highest BCUT2D eigenvalue weighted by Crippen LogP contribution is 2.22. The first kappa shape index (κ1) is 30.5. The lowest BCUT2D eigenvalue weighted by Gasteiger charge is -2.25. The van der Waals surface area contributed by atoms with Gasteiger partial charge in [-0.1, -0.05) is 37.3 Å². The highest BCUT2D eigenvalue weighted by Gasteiger charge is 2.23. The summed E-state index contributed by atoms with van der Waals surface area (Å²) in [5.41, 5.74) is 3.28. The molecule has 0 unspecified atom stereocenters. The molecule has 0 aliphatic rings. The number of carboxylic acid groups (broad SMARTS) is 1. The highest BCUT2D eigenvalue weighted by molar-refractivity contribution is 5.95. The van der Waals surface area contributed by atoms with Gasteiger partial charge in [0.05, 0.1) is 24.8 Å². The molecule has 0 spiro atoms. The van der Waals surface area contributed by atoms with Crippen LogP contribution in [0.2, 0.25) is 0 Å². The number of aliphatic carboxylic acids is 1. The van der Waals surface area contributed by atoms with Crippen LogP contribution in [0.4, 0.5) is 8.78 Å². The number of aryl methyl sites for hydroxylation is 2. The molecule has 1 aromatic heterocycles. The van der Waals surface area contributed by atoms with Gasteiger partial charge in [0.15, 0.2) is 0 Å². The lowest BCUT2D eigenvalue weighted by atomic mass is 9.99. The second-order valence-electron chi connectivity index (χ2n) is 10.0. The van der Waals surface area contributed by atoms with Crippen molar-refractivity contribution in [1.82, 2.24) is 15.6 Å². The third kappa shape index (κ3) is 8.79. The Kier molecular flexibility index (Phi) is 10.5. The lowest BCUT2D eigenvalue weighted by molar-refractivity contribution is -0.137. The van der Waals surface area contributed by atoms with E-state index in [1.807, 2.05) is 18.2 Å². The fraction of sp³-hybridized carbons (Fsp3) is 0.281. The number of nitrogens with zero attached hydrogens (tertiary/aromatic N) is 1. The molecular formula is C32H33F2N3O5. The van der Waals surface area contributed by atoms with E-state index in [1.165, 1.54) is 23.9 Å².